The highest BCUT2D eigenvalue weighted by molar-refractivity contribution is 5.88. The molecule has 3 aliphatic rings. The van der Waals surface area contributed by atoms with Crippen molar-refractivity contribution >= 4 is 11.8 Å². The summed E-state index contributed by atoms with van der Waals surface area (Å²) in [5, 5.41) is 10.4. The summed E-state index contributed by atoms with van der Waals surface area (Å²) in [6.07, 6.45) is 10.3. The largest absolute Gasteiger partial charge is 0.381 e. The minimum Gasteiger partial charge on any atom is -0.381 e. The molecule has 2 atom stereocenters. The minimum absolute atomic E-state index is 0.00719. The van der Waals surface area contributed by atoms with Crippen LogP contribution in [0.4, 0.5) is 0 Å². The Labute approximate surface area is 184 Å². The molecule has 0 aliphatic carbocycles. The van der Waals surface area contributed by atoms with Crippen molar-refractivity contribution in [3.05, 3.63) is 29.6 Å². The third kappa shape index (κ3) is 5.01. The van der Waals surface area contributed by atoms with E-state index in [4.69, 9.17) is 4.74 Å². The first kappa shape index (κ1) is 22.0. The van der Waals surface area contributed by atoms with E-state index in [1.165, 1.54) is 11.3 Å². The first-order valence-corrected chi connectivity index (χ1v) is 11.5. The van der Waals surface area contributed by atoms with Gasteiger partial charge in [-0.2, -0.15) is 5.10 Å². The van der Waals surface area contributed by atoms with E-state index < -0.39 is 5.41 Å². The Balaban J connectivity index is 1.43. The van der Waals surface area contributed by atoms with Gasteiger partial charge >= 0.3 is 0 Å². The summed E-state index contributed by atoms with van der Waals surface area (Å²) in [7, 11) is 1.98. The summed E-state index contributed by atoms with van der Waals surface area (Å²) in [6.45, 7) is 6.05. The summed E-state index contributed by atoms with van der Waals surface area (Å²) < 4.78 is 7.57. The van der Waals surface area contributed by atoms with E-state index in [9.17, 15) is 9.59 Å². The normalized spacial score (nSPS) is 28.7. The molecule has 0 aromatic carbocycles. The number of aromatic nitrogens is 2. The maximum absolute atomic E-state index is 13.2. The van der Waals surface area contributed by atoms with Gasteiger partial charge < -0.3 is 15.4 Å². The quantitative estimate of drug-likeness (QED) is 0.692. The van der Waals surface area contributed by atoms with Crippen LogP contribution < -0.4 is 10.6 Å². The van der Waals surface area contributed by atoms with Crippen molar-refractivity contribution in [1.29, 1.82) is 0 Å². The average molecular weight is 430 g/mol. The van der Waals surface area contributed by atoms with Crippen molar-refractivity contribution in [2.45, 2.75) is 51.6 Å². The molecule has 1 aromatic heterocycles. The lowest BCUT2D eigenvalue weighted by molar-refractivity contribution is -0.136. The lowest BCUT2D eigenvalue weighted by atomic mass is 9.74. The second-order valence-electron chi connectivity index (χ2n) is 9.35. The average Bonchev–Trinajstić information content (AvgIpc) is 3.08. The molecule has 1 spiro atoms. The van der Waals surface area contributed by atoms with Gasteiger partial charge in [-0.1, -0.05) is 12.2 Å². The lowest BCUT2D eigenvalue weighted by Crippen LogP contribution is -2.52. The van der Waals surface area contributed by atoms with E-state index in [0.717, 1.165) is 51.7 Å². The number of rotatable bonds is 2. The van der Waals surface area contributed by atoms with Crippen LogP contribution in [0.1, 0.15) is 43.4 Å². The van der Waals surface area contributed by atoms with E-state index in [1.54, 1.807) is 0 Å². The second-order valence-corrected chi connectivity index (χ2v) is 9.35. The Morgan fingerprint density at radius 1 is 1.26 bits per heavy atom. The molecule has 0 unspecified atom stereocenters. The first-order chi connectivity index (χ1) is 15.0. The van der Waals surface area contributed by atoms with Crippen LogP contribution in [0.25, 0.3) is 0 Å². The Kier molecular flexibility index (Phi) is 6.77. The summed E-state index contributed by atoms with van der Waals surface area (Å²) in [5.41, 5.74) is 1.97. The number of nitrogens with zero attached hydrogens (tertiary/aromatic N) is 3. The third-order valence-corrected chi connectivity index (χ3v) is 7.28. The zero-order chi connectivity index (χ0) is 21.8. The smallest absolute Gasteiger partial charge is 0.239 e. The molecule has 1 aromatic rings. The van der Waals surface area contributed by atoms with Gasteiger partial charge in [-0.25, -0.2) is 0 Å². The van der Waals surface area contributed by atoms with Crippen molar-refractivity contribution in [2.24, 2.45) is 18.4 Å². The zero-order valence-electron chi connectivity index (χ0n) is 18.7. The maximum atomic E-state index is 13.2. The molecule has 0 radical (unpaired) electrons. The molecule has 8 nitrogen and oxygen atoms in total. The molecule has 2 fully saturated rings. The van der Waals surface area contributed by atoms with Crippen LogP contribution in [0.3, 0.4) is 0 Å². The van der Waals surface area contributed by atoms with Crippen molar-refractivity contribution in [1.82, 2.24) is 25.3 Å². The molecule has 4 heterocycles. The first-order valence-electron chi connectivity index (χ1n) is 11.5. The van der Waals surface area contributed by atoms with Crippen molar-refractivity contribution < 1.29 is 14.3 Å². The Morgan fingerprint density at radius 3 is 2.81 bits per heavy atom. The predicted octanol–water partition coefficient (Wildman–Crippen LogP) is 1.30. The van der Waals surface area contributed by atoms with E-state index in [2.05, 4.69) is 39.7 Å². The highest BCUT2D eigenvalue weighted by Crippen LogP contribution is 2.37. The van der Waals surface area contributed by atoms with Crippen LogP contribution in [0.2, 0.25) is 0 Å². The van der Waals surface area contributed by atoms with Gasteiger partial charge in [0.15, 0.2) is 0 Å². The van der Waals surface area contributed by atoms with Gasteiger partial charge in [0, 0.05) is 32.2 Å². The molecular formula is C23H35N5O3. The van der Waals surface area contributed by atoms with Gasteiger partial charge in [-0.05, 0) is 57.7 Å². The minimum atomic E-state index is -0.448. The van der Waals surface area contributed by atoms with Crippen LogP contribution in [-0.4, -0.2) is 65.4 Å². The van der Waals surface area contributed by atoms with E-state index in [1.807, 2.05) is 17.9 Å². The third-order valence-electron chi connectivity index (χ3n) is 7.28. The zero-order valence-corrected chi connectivity index (χ0v) is 18.7. The molecule has 3 aliphatic heterocycles. The molecule has 2 N–H and O–H groups in total. The van der Waals surface area contributed by atoms with Crippen molar-refractivity contribution in [2.75, 3.05) is 32.8 Å². The van der Waals surface area contributed by atoms with Gasteiger partial charge in [0.1, 0.15) is 0 Å². The Bertz CT molecular complexity index is 806. The lowest BCUT2D eigenvalue weighted by Gasteiger charge is -2.40. The number of piperidine rings is 1. The second kappa shape index (κ2) is 9.53. The number of aryl methyl sites for hydroxylation is 2. The predicted molar refractivity (Wildman–Crippen MR) is 117 cm³/mol. The molecule has 4 rings (SSSR count). The maximum Gasteiger partial charge on any atom is 0.239 e. The number of hydrogen-bond acceptors (Lipinski definition) is 5. The number of fused-ring (bicyclic) bond motifs is 1. The van der Waals surface area contributed by atoms with Gasteiger partial charge in [0.25, 0.3) is 0 Å². The number of amides is 2. The number of carbonyl (C=O) groups is 2. The number of hydrogen-bond donors (Lipinski definition) is 2. The van der Waals surface area contributed by atoms with Crippen LogP contribution in [0, 0.1) is 18.3 Å². The van der Waals surface area contributed by atoms with Gasteiger partial charge in [0.05, 0.1) is 30.5 Å². The molecule has 170 valence electrons. The number of allylic oxidation sites excluding steroid dienone is 2. The fourth-order valence-electron chi connectivity index (χ4n) is 5.08. The standard InChI is InChI=1S/C23H35N5O3/c1-17-13-25-27(2)20(17)15-28-10-8-23(9-11-28)7-4-3-5-18-16-31-12-6-19(18)26-21(29)14-24-22(23)30/h3-4,13,18-19H,5-12,14-16H2,1-2H3,(H,24,30)(H,26,29)/b4-3+/t18-,19+/m0/s1. The molecule has 2 saturated heterocycles. The number of ether oxygens (including phenoxy) is 1. The van der Waals surface area contributed by atoms with Crippen molar-refractivity contribution in [3.63, 3.8) is 0 Å². The summed E-state index contributed by atoms with van der Waals surface area (Å²) in [5.74, 6) is 0.200. The van der Waals surface area contributed by atoms with Crippen LogP contribution in [0.5, 0.6) is 0 Å². The highest BCUT2D eigenvalue weighted by atomic mass is 16.5. The van der Waals surface area contributed by atoms with E-state index >= 15 is 0 Å². The van der Waals surface area contributed by atoms with Crippen molar-refractivity contribution in [3.8, 4) is 0 Å². The van der Waals surface area contributed by atoms with Gasteiger partial charge in [0.2, 0.25) is 11.8 Å². The van der Waals surface area contributed by atoms with E-state index in [-0.39, 0.29) is 24.4 Å². The van der Waals surface area contributed by atoms with Crippen LogP contribution in [-0.2, 0) is 27.9 Å². The fraction of sp³-hybridized carbons (Fsp3) is 0.696. The monoisotopic (exact) mass is 429 g/mol. The number of nitrogens with one attached hydrogen (secondary N) is 2. The molecule has 0 bridgehead atoms. The van der Waals surface area contributed by atoms with E-state index in [0.29, 0.717) is 19.1 Å². The van der Waals surface area contributed by atoms with Crippen LogP contribution in [0.15, 0.2) is 18.3 Å². The molecule has 31 heavy (non-hydrogen) atoms. The summed E-state index contributed by atoms with van der Waals surface area (Å²) in [4.78, 5) is 28.1. The summed E-state index contributed by atoms with van der Waals surface area (Å²) >= 11 is 0. The molecule has 8 heteroatoms. The summed E-state index contributed by atoms with van der Waals surface area (Å²) in [6, 6.07) is 0.120. The topological polar surface area (TPSA) is 88.5 Å². The van der Waals surface area contributed by atoms with Crippen LogP contribution >= 0.6 is 0 Å². The Morgan fingerprint density at radius 2 is 2.06 bits per heavy atom. The molecular weight excluding hydrogens is 394 g/mol. The van der Waals surface area contributed by atoms with Gasteiger partial charge in [-0.15, -0.1) is 0 Å². The highest BCUT2D eigenvalue weighted by Gasteiger charge is 2.41. The SMILES string of the molecule is Cc1cnn(C)c1CN1CCC2(C/C=C/C[C@H]3COCC[C@H]3NC(=O)CNC2=O)CC1. The number of carbonyl (C=O) groups excluding carboxylic acids is 2. The number of likely N-dealkylation sites (tertiary alicyclic amines) is 1. The fourth-order valence-corrected chi connectivity index (χ4v) is 5.08. The molecule has 2 amide bonds. The Hall–Kier alpha value is -2.19. The molecule has 0 saturated carbocycles. The van der Waals surface area contributed by atoms with Gasteiger partial charge in [-0.3, -0.25) is 19.2 Å².